The molecule has 4 nitrogen and oxygen atoms in total. The zero-order valence-electron chi connectivity index (χ0n) is 12.2. The maximum Gasteiger partial charge on any atom is 0.303 e. The zero-order chi connectivity index (χ0) is 14.6. The van der Waals surface area contributed by atoms with Gasteiger partial charge in [0.25, 0.3) is 0 Å². The molecule has 0 heterocycles. The molecule has 0 bridgehead atoms. The highest BCUT2D eigenvalue weighted by atomic mass is 16.5. The van der Waals surface area contributed by atoms with Gasteiger partial charge < -0.3 is 15.2 Å². The Hall–Kier alpha value is -1.71. The van der Waals surface area contributed by atoms with Gasteiger partial charge in [0.1, 0.15) is 5.75 Å². The van der Waals surface area contributed by atoms with Crippen molar-refractivity contribution in [3.8, 4) is 5.75 Å². The van der Waals surface area contributed by atoms with Crippen LogP contribution in [0.5, 0.6) is 5.75 Å². The number of unbranched alkanes of at least 4 members (excludes halogenated alkanes) is 5. The Morgan fingerprint density at radius 3 is 2.25 bits per heavy atom. The Balaban J connectivity index is 1.95. The van der Waals surface area contributed by atoms with Crippen molar-refractivity contribution in [2.75, 3.05) is 19.0 Å². The van der Waals surface area contributed by atoms with E-state index in [0.29, 0.717) is 6.42 Å². The number of aliphatic carboxylic acids is 1. The van der Waals surface area contributed by atoms with E-state index in [1.54, 1.807) is 7.11 Å². The molecule has 1 rings (SSSR count). The monoisotopic (exact) mass is 279 g/mol. The number of hydrogen-bond donors (Lipinski definition) is 2. The Bertz CT molecular complexity index is 376. The number of anilines is 1. The van der Waals surface area contributed by atoms with Gasteiger partial charge in [-0.25, -0.2) is 0 Å². The first-order chi connectivity index (χ1) is 9.72. The van der Waals surface area contributed by atoms with Crippen molar-refractivity contribution in [2.24, 2.45) is 0 Å². The zero-order valence-corrected chi connectivity index (χ0v) is 12.2. The minimum absolute atomic E-state index is 0.305. The maximum atomic E-state index is 10.3. The lowest BCUT2D eigenvalue weighted by Crippen LogP contribution is -2.01. The van der Waals surface area contributed by atoms with E-state index in [4.69, 9.17) is 9.84 Å². The SMILES string of the molecule is COc1ccc(NCCCCCCCCC(=O)O)cc1. The third kappa shape index (κ3) is 7.67. The molecule has 0 radical (unpaired) electrons. The number of ether oxygens (including phenoxy) is 1. The molecule has 0 atom stereocenters. The number of carbonyl (C=O) groups is 1. The molecular formula is C16H25NO3. The molecule has 1 aromatic carbocycles. The van der Waals surface area contributed by atoms with Crippen molar-refractivity contribution < 1.29 is 14.6 Å². The van der Waals surface area contributed by atoms with Crippen LogP contribution in [0.1, 0.15) is 44.9 Å². The van der Waals surface area contributed by atoms with Crippen LogP contribution in [0, 0.1) is 0 Å². The quantitative estimate of drug-likeness (QED) is 0.603. The number of carboxylic acids is 1. The first kappa shape index (κ1) is 16.3. The fourth-order valence-electron chi connectivity index (χ4n) is 2.05. The predicted octanol–water partition coefficient (Wildman–Crippen LogP) is 3.92. The van der Waals surface area contributed by atoms with Crippen molar-refractivity contribution in [2.45, 2.75) is 44.9 Å². The normalized spacial score (nSPS) is 10.2. The second kappa shape index (κ2) is 10.1. The number of rotatable bonds is 11. The molecule has 112 valence electrons. The van der Waals surface area contributed by atoms with E-state index in [1.807, 2.05) is 24.3 Å². The fraction of sp³-hybridized carbons (Fsp3) is 0.562. The van der Waals surface area contributed by atoms with Gasteiger partial charge in [-0.05, 0) is 37.1 Å². The Labute approximate surface area is 121 Å². The van der Waals surface area contributed by atoms with Crippen molar-refractivity contribution in [1.82, 2.24) is 0 Å². The summed E-state index contributed by atoms with van der Waals surface area (Å²) in [5.74, 6) is 0.186. The van der Waals surface area contributed by atoms with E-state index in [2.05, 4.69) is 5.32 Å². The highest BCUT2D eigenvalue weighted by Gasteiger charge is 1.97. The number of benzene rings is 1. The summed E-state index contributed by atoms with van der Waals surface area (Å²) < 4.78 is 5.11. The van der Waals surface area contributed by atoms with Crippen LogP contribution < -0.4 is 10.1 Å². The minimum Gasteiger partial charge on any atom is -0.497 e. The van der Waals surface area contributed by atoms with Crippen LogP contribution in [0.2, 0.25) is 0 Å². The minimum atomic E-state index is -0.686. The average Bonchev–Trinajstić information content (AvgIpc) is 2.46. The summed E-state index contributed by atoms with van der Waals surface area (Å²) in [4.78, 5) is 10.3. The molecule has 0 aliphatic heterocycles. The largest absolute Gasteiger partial charge is 0.497 e. The lowest BCUT2D eigenvalue weighted by atomic mass is 10.1. The topological polar surface area (TPSA) is 58.6 Å². The van der Waals surface area contributed by atoms with Crippen molar-refractivity contribution in [3.63, 3.8) is 0 Å². The van der Waals surface area contributed by atoms with Crippen LogP contribution >= 0.6 is 0 Å². The number of nitrogens with one attached hydrogen (secondary N) is 1. The van der Waals surface area contributed by atoms with Crippen LogP contribution in [0.25, 0.3) is 0 Å². The fourth-order valence-corrected chi connectivity index (χ4v) is 2.05. The van der Waals surface area contributed by atoms with E-state index in [-0.39, 0.29) is 0 Å². The van der Waals surface area contributed by atoms with Crippen molar-refractivity contribution in [1.29, 1.82) is 0 Å². The van der Waals surface area contributed by atoms with Gasteiger partial charge in [-0.2, -0.15) is 0 Å². The molecule has 2 N–H and O–H groups in total. The van der Waals surface area contributed by atoms with E-state index in [9.17, 15) is 4.79 Å². The Morgan fingerprint density at radius 1 is 1.05 bits per heavy atom. The molecule has 0 aliphatic rings. The summed E-state index contributed by atoms with van der Waals surface area (Å²) in [6, 6.07) is 7.94. The van der Waals surface area contributed by atoms with E-state index < -0.39 is 5.97 Å². The van der Waals surface area contributed by atoms with Gasteiger partial charge in [-0.3, -0.25) is 4.79 Å². The second-order valence-electron chi connectivity index (χ2n) is 4.92. The number of methoxy groups -OCH3 is 1. The molecule has 0 spiro atoms. The lowest BCUT2D eigenvalue weighted by Gasteiger charge is -2.07. The Kier molecular flexibility index (Phi) is 8.27. The Morgan fingerprint density at radius 2 is 1.65 bits per heavy atom. The van der Waals surface area contributed by atoms with E-state index in [0.717, 1.165) is 43.7 Å². The molecule has 0 unspecified atom stereocenters. The summed E-state index contributed by atoms with van der Waals surface area (Å²) >= 11 is 0. The van der Waals surface area contributed by atoms with Gasteiger partial charge in [-0.15, -0.1) is 0 Å². The van der Waals surface area contributed by atoms with Gasteiger partial charge in [0.15, 0.2) is 0 Å². The van der Waals surface area contributed by atoms with Gasteiger partial charge in [0, 0.05) is 18.7 Å². The smallest absolute Gasteiger partial charge is 0.303 e. The molecule has 20 heavy (non-hydrogen) atoms. The van der Waals surface area contributed by atoms with Gasteiger partial charge in [-0.1, -0.05) is 25.7 Å². The molecule has 0 aliphatic carbocycles. The summed E-state index contributed by atoms with van der Waals surface area (Å²) in [7, 11) is 1.67. The van der Waals surface area contributed by atoms with Crippen LogP contribution in [-0.2, 0) is 4.79 Å². The summed E-state index contributed by atoms with van der Waals surface area (Å²) in [5.41, 5.74) is 1.12. The highest BCUT2D eigenvalue weighted by molar-refractivity contribution is 5.66. The summed E-state index contributed by atoms with van der Waals surface area (Å²) in [6.07, 6.45) is 6.79. The highest BCUT2D eigenvalue weighted by Crippen LogP contribution is 2.15. The molecule has 0 saturated heterocycles. The van der Waals surface area contributed by atoms with Crippen molar-refractivity contribution >= 4 is 11.7 Å². The summed E-state index contributed by atoms with van der Waals surface area (Å²) in [5, 5.41) is 11.9. The van der Waals surface area contributed by atoms with E-state index in [1.165, 1.54) is 12.8 Å². The summed E-state index contributed by atoms with van der Waals surface area (Å²) in [6.45, 7) is 0.974. The van der Waals surface area contributed by atoms with Crippen LogP contribution in [0.4, 0.5) is 5.69 Å². The first-order valence-corrected chi connectivity index (χ1v) is 7.32. The molecule has 1 aromatic rings. The van der Waals surface area contributed by atoms with Gasteiger partial charge >= 0.3 is 5.97 Å². The van der Waals surface area contributed by atoms with Crippen LogP contribution in [0.3, 0.4) is 0 Å². The van der Waals surface area contributed by atoms with Crippen LogP contribution in [0.15, 0.2) is 24.3 Å². The third-order valence-corrected chi connectivity index (χ3v) is 3.24. The average molecular weight is 279 g/mol. The maximum absolute atomic E-state index is 10.3. The lowest BCUT2D eigenvalue weighted by molar-refractivity contribution is -0.137. The van der Waals surface area contributed by atoms with Gasteiger partial charge in [0.05, 0.1) is 7.11 Å². The molecule has 0 amide bonds. The van der Waals surface area contributed by atoms with E-state index >= 15 is 0 Å². The van der Waals surface area contributed by atoms with Crippen molar-refractivity contribution in [3.05, 3.63) is 24.3 Å². The molecular weight excluding hydrogens is 254 g/mol. The molecule has 0 aromatic heterocycles. The third-order valence-electron chi connectivity index (χ3n) is 3.24. The number of hydrogen-bond acceptors (Lipinski definition) is 3. The standard InChI is InChI=1S/C16H25NO3/c1-20-15-11-9-14(10-12-15)17-13-7-5-3-2-4-6-8-16(18)19/h9-12,17H,2-8,13H2,1H3,(H,18,19). The molecule has 0 saturated carbocycles. The predicted molar refractivity (Wildman–Crippen MR) is 81.4 cm³/mol. The van der Waals surface area contributed by atoms with Gasteiger partial charge in [0.2, 0.25) is 0 Å². The first-order valence-electron chi connectivity index (χ1n) is 7.32. The number of carboxylic acid groups (broad SMARTS) is 1. The molecule has 0 fully saturated rings. The second-order valence-corrected chi connectivity index (χ2v) is 4.92. The molecule has 4 heteroatoms. The van der Waals surface area contributed by atoms with Crippen LogP contribution in [-0.4, -0.2) is 24.7 Å².